The molecule has 2 rings (SSSR count). The molecule has 43 heavy (non-hydrogen) atoms. The first kappa shape index (κ1) is 36.7. The van der Waals surface area contributed by atoms with Gasteiger partial charge < -0.3 is 44.2 Å². The number of fused-ring (bicyclic) bond motifs is 1. The van der Waals surface area contributed by atoms with Crippen LogP contribution in [0.3, 0.4) is 0 Å². The Morgan fingerprint density at radius 1 is 0.907 bits per heavy atom. The van der Waals surface area contributed by atoms with Gasteiger partial charge in [-0.1, -0.05) is 0 Å². The van der Waals surface area contributed by atoms with E-state index in [2.05, 4.69) is 15.0 Å². The smallest absolute Gasteiger partial charge is 0.478 e. The van der Waals surface area contributed by atoms with Crippen LogP contribution in [-0.2, 0) is 53.4 Å². The van der Waals surface area contributed by atoms with Crippen molar-refractivity contribution in [2.75, 3.05) is 25.7 Å². The van der Waals surface area contributed by atoms with Crippen LogP contribution in [0.15, 0.2) is 24.8 Å². The van der Waals surface area contributed by atoms with Crippen LogP contribution in [0.1, 0.15) is 34.6 Å². The zero-order valence-corrected chi connectivity index (χ0v) is 24.9. The number of imidazole rings is 1. The summed E-state index contributed by atoms with van der Waals surface area (Å²) in [4.78, 5) is 54.3. The Hall–Kier alpha value is -4.32. The van der Waals surface area contributed by atoms with Crippen LogP contribution in [0, 0.1) is 0 Å². The number of rotatable bonds is 15. The summed E-state index contributed by atoms with van der Waals surface area (Å²) < 4.78 is 49.7. The number of ether oxygens (including phenoxy) is 5. The molecule has 0 saturated carbocycles. The van der Waals surface area contributed by atoms with E-state index in [9.17, 15) is 23.7 Å². The molecule has 0 aliphatic carbocycles. The first-order valence-electron chi connectivity index (χ1n) is 12.3. The number of hydrogen-bond acceptors (Lipinski definition) is 16. The van der Waals surface area contributed by atoms with Crippen LogP contribution in [0.25, 0.3) is 11.2 Å². The van der Waals surface area contributed by atoms with Gasteiger partial charge in [0.1, 0.15) is 18.2 Å². The van der Waals surface area contributed by atoms with Crippen molar-refractivity contribution in [2.24, 2.45) is 0 Å². The molecule has 0 spiro atoms. The summed E-state index contributed by atoms with van der Waals surface area (Å²) in [6, 6.07) is 0. The van der Waals surface area contributed by atoms with Gasteiger partial charge in [0.2, 0.25) is 13.6 Å². The second-order valence-corrected chi connectivity index (χ2v) is 10.7. The minimum Gasteiger partial charge on any atom is -0.478 e. The van der Waals surface area contributed by atoms with E-state index in [0.29, 0.717) is 23.3 Å². The number of anilines is 1. The maximum Gasteiger partial charge on any atom is 0.510 e. The molecule has 19 nitrogen and oxygen atoms in total. The summed E-state index contributed by atoms with van der Waals surface area (Å²) in [5, 5.41) is 15.6. The molecule has 20 heteroatoms. The fourth-order valence-electron chi connectivity index (χ4n) is 2.60. The first-order chi connectivity index (χ1) is 20.1. The average molecular weight is 636 g/mol. The molecule has 0 bridgehead atoms. The van der Waals surface area contributed by atoms with Crippen molar-refractivity contribution in [3.63, 3.8) is 0 Å². The lowest BCUT2D eigenvalue weighted by Crippen LogP contribution is -2.20. The Morgan fingerprint density at radius 2 is 1.42 bits per heavy atom. The molecule has 2 aromatic heterocycles. The zero-order chi connectivity index (χ0) is 32.6. The average Bonchev–Trinajstić information content (AvgIpc) is 3.30. The third-order valence-electron chi connectivity index (χ3n) is 4.29. The summed E-state index contributed by atoms with van der Waals surface area (Å²) in [5.41, 5.74) is 6.72. The topological polar surface area (TPSA) is 260 Å². The minimum absolute atomic E-state index is 0.237. The number of aromatic nitrogens is 4. The van der Waals surface area contributed by atoms with Crippen LogP contribution < -0.4 is 5.73 Å². The monoisotopic (exact) mass is 635 g/mol. The second-order valence-electron chi connectivity index (χ2n) is 8.67. The van der Waals surface area contributed by atoms with Crippen molar-refractivity contribution in [3.05, 3.63) is 24.8 Å². The molecule has 0 aliphatic heterocycles. The number of nitrogen functional groups attached to an aromatic ring is 1. The quantitative estimate of drug-likeness (QED) is 0.110. The lowest BCUT2D eigenvalue weighted by Gasteiger charge is -2.21. The molecule has 4 N–H and O–H groups in total. The van der Waals surface area contributed by atoms with Gasteiger partial charge >= 0.3 is 31.8 Å². The highest BCUT2D eigenvalue weighted by atomic mass is 31.2. The summed E-state index contributed by atoms with van der Waals surface area (Å²) in [6.45, 7) is 6.98. The summed E-state index contributed by atoms with van der Waals surface area (Å²) in [6.07, 6.45) is -0.0196. The fraction of sp³-hybridized carbons (Fsp3) is 0.522. The highest BCUT2D eigenvalue weighted by Gasteiger charge is 2.29. The standard InChI is InChI=1S/C19H30N5O10P.C4H4O4/c1-12(2)33-18(25)28-9-31-35(27,32-10-29-19(26)34-13(3)4)11-30-14(5)6-24-8-23-15-16(20)21-7-22-17(15)24;5-3(6)1-2-4(7)8/h7-8,12-14H,6,9-11H2,1-5H3,(H2,20,21,22);1-2H,(H,5,6)(H,7,8)/b;2-1+/t14-;/m0./s1. The zero-order valence-electron chi connectivity index (χ0n) is 24.0. The number of hydrogen-bond donors (Lipinski definition) is 3. The molecule has 0 aliphatic rings. The van der Waals surface area contributed by atoms with Gasteiger partial charge in [-0.05, 0) is 34.6 Å². The van der Waals surface area contributed by atoms with Gasteiger partial charge in [-0.25, -0.2) is 34.1 Å². The van der Waals surface area contributed by atoms with E-state index in [-0.39, 0.29) is 12.4 Å². The van der Waals surface area contributed by atoms with Crippen molar-refractivity contribution in [3.8, 4) is 0 Å². The van der Waals surface area contributed by atoms with E-state index in [1.54, 1.807) is 39.2 Å². The third kappa shape index (κ3) is 15.5. The summed E-state index contributed by atoms with van der Waals surface area (Å²) in [7, 11) is -4.06. The van der Waals surface area contributed by atoms with Gasteiger partial charge in [0.25, 0.3) is 0 Å². The maximum atomic E-state index is 13.1. The molecule has 240 valence electrons. The molecular weight excluding hydrogens is 601 g/mol. The van der Waals surface area contributed by atoms with Gasteiger partial charge in [0.05, 0.1) is 31.2 Å². The molecule has 0 saturated heterocycles. The molecule has 2 aromatic rings. The van der Waals surface area contributed by atoms with Crippen molar-refractivity contribution in [1.82, 2.24) is 19.5 Å². The lowest BCUT2D eigenvalue weighted by atomic mass is 10.4. The van der Waals surface area contributed by atoms with Crippen molar-refractivity contribution in [2.45, 2.75) is 59.5 Å². The Labute approximate surface area is 245 Å². The van der Waals surface area contributed by atoms with Gasteiger partial charge in [0, 0.05) is 12.2 Å². The Bertz CT molecular complexity index is 1250. The molecule has 0 aromatic carbocycles. The van der Waals surface area contributed by atoms with Crippen molar-refractivity contribution >= 4 is 48.8 Å². The van der Waals surface area contributed by atoms with Gasteiger partial charge in [-0.3, -0.25) is 13.6 Å². The van der Waals surface area contributed by atoms with E-state index in [4.69, 9.17) is 48.7 Å². The van der Waals surface area contributed by atoms with Crippen molar-refractivity contribution < 1.29 is 66.7 Å². The number of carbonyl (C=O) groups is 4. The van der Waals surface area contributed by atoms with Crippen molar-refractivity contribution in [1.29, 1.82) is 0 Å². The third-order valence-corrected chi connectivity index (χ3v) is 5.75. The second kappa shape index (κ2) is 18.3. The number of carbonyl (C=O) groups excluding carboxylic acids is 2. The van der Waals surface area contributed by atoms with Crippen LogP contribution in [0.2, 0.25) is 0 Å². The normalized spacial score (nSPS) is 12.1. The summed E-state index contributed by atoms with van der Waals surface area (Å²) in [5.74, 6) is -2.28. The highest BCUT2D eigenvalue weighted by Crippen LogP contribution is 2.48. The molecule has 1 atom stereocenters. The fourth-order valence-corrected chi connectivity index (χ4v) is 3.68. The molecule has 2 heterocycles. The van der Waals surface area contributed by atoms with E-state index in [1.165, 1.54) is 12.7 Å². The molecule has 0 amide bonds. The van der Waals surface area contributed by atoms with Crippen LogP contribution in [0.4, 0.5) is 15.4 Å². The Kier molecular flexibility index (Phi) is 15.6. The largest absolute Gasteiger partial charge is 0.510 e. The first-order valence-corrected chi connectivity index (χ1v) is 14.1. The maximum absolute atomic E-state index is 13.1. The number of carboxylic acids is 2. The minimum atomic E-state index is -4.06. The predicted octanol–water partition coefficient (Wildman–Crippen LogP) is 2.75. The number of nitrogens with zero attached hydrogens (tertiary/aromatic N) is 4. The predicted molar refractivity (Wildman–Crippen MR) is 144 cm³/mol. The van der Waals surface area contributed by atoms with Crippen LogP contribution in [0.5, 0.6) is 0 Å². The lowest BCUT2D eigenvalue weighted by molar-refractivity contribution is -0.134. The number of carboxylic acid groups (broad SMARTS) is 2. The van der Waals surface area contributed by atoms with E-state index in [0.717, 1.165) is 0 Å². The Balaban J connectivity index is 0.00000101. The highest BCUT2D eigenvalue weighted by molar-refractivity contribution is 7.53. The summed E-state index contributed by atoms with van der Waals surface area (Å²) >= 11 is 0. The molecule has 0 radical (unpaired) electrons. The number of aliphatic carboxylic acids is 2. The van der Waals surface area contributed by atoms with Crippen LogP contribution in [-0.4, -0.2) is 92.2 Å². The van der Waals surface area contributed by atoms with Gasteiger partial charge in [-0.15, -0.1) is 0 Å². The van der Waals surface area contributed by atoms with Gasteiger partial charge in [-0.2, -0.15) is 0 Å². The SMILES string of the molecule is CC(C)OC(=O)OCOP(=O)(CO[C@@H](C)Cn1cnc2c(N)ncnc21)OCOC(=O)OC(C)C.O=C(O)/C=C/C(=O)O. The van der Waals surface area contributed by atoms with E-state index >= 15 is 0 Å². The van der Waals surface area contributed by atoms with Crippen LogP contribution >= 0.6 is 7.60 Å². The van der Waals surface area contributed by atoms with E-state index < -0.39 is 70.1 Å². The van der Waals surface area contributed by atoms with Gasteiger partial charge in [0.15, 0.2) is 11.5 Å². The molecule has 0 unspecified atom stereocenters. The Morgan fingerprint density at radius 3 is 1.88 bits per heavy atom. The molecular formula is C23H34N5O14P. The molecule has 0 fully saturated rings. The van der Waals surface area contributed by atoms with E-state index in [1.807, 2.05) is 0 Å². The number of nitrogens with two attached hydrogens (primary N) is 1.